The fourth-order valence-electron chi connectivity index (χ4n) is 3.87. The zero-order valence-electron chi connectivity index (χ0n) is 20.5. The largest absolute Gasteiger partial charge is 0.493 e. The van der Waals surface area contributed by atoms with Crippen LogP contribution in [0.25, 0.3) is 22.1 Å². The highest BCUT2D eigenvalue weighted by Gasteiger charge is 2.23. The summed E-state index contributed by atoms with van der Waals surface area (Å²) in [6.07, 6.45) is 0. The number of ether oxygens (including phenoxy) is 5. The number of amides is 1. The fourth-order valence-corrected chi connectivity index (χ4v) is 3.87. The van der Waals surface area contributed by atoms with Crippen molar-refractivity contribution in [1.82, 2.24) is 0 Å². The number of hydrogen-bond donors (Lipinski definition) is 1. The summed E-state index contributed by atoms with van der Waals surface area (Å²) in [5.74, 6) is 1.37. The normalized spacial score (nSPS) is 10.6. The molecule has 3 aromatic carbocycles. The third-order valence-corrected chi connectivity index (χ3v) is 5.62. The van der Waals surface area contributed by atoms with Crippen molar-refractivity contribution in [2.24, 2.45) is 0 Å². The minimum Gasteiger partial charge on any atom is -0.493 e. The zero-order valence-corrected chi connectivity index (χ0v) is 20.5. The minimum absolute atomic E-state index is 0.0345. The molecule has 1 amide bonds. The average molecular weight is 491 g/mol. The number of nitrogens with one attached hydrogen (secondary N) is 1. The average Bonchev–Trinajstić information content (AvgIpc) is 2.91. The van der Waals surface area contributed by atoms with Crippen LogP contribution in [0.15, 0.2) is 63.8 Å². The van der Waals surface area contributed by atoms with E-state index in [4.69, 9.17) is 28.1 Å². The second-order valence-corrected chi connectivity index (χ2v) is 7.57. The molecule has 1 heterocycles. The second kappa shape index (κ2) is 10.3. The number of rotatable bonds is 8. The van der Waals surface area contributed by atoms with Gasteiger partial charge in [-0.15, -0.1) is 0 Å². The Kier molecular flexibility index (Phi) is 7.00. The van der Waals surface area contributed by atoms with Gasteiger partial charge < -0.3 is 28.1 Å². The highest BCUT2D eigenvalue weighted by Crippen LogP contribution is 2.42. The van der Waals surface area contributed by atoms with Gasteiger partial charge in [-0.2, -0.15) is 0 Å². The molecule has 0 fully saturated rings. The molecule has 0 atom stereocenters. The summed E-state index contributed by atoms with van der Waals surface area (Å²) in [6.45, 7) is 0. The van der Waals surface area contributed by atoms with Crippen LogP contribution in [0.2, 0.25) is 0 Å². The molecule has 0 spiro atoms. The molecule has 0 saturated heterocycles. The molecule has 0 aliphatic carbocycles. The maximum absolute atomic E-state index is 13.6. The molecule has 0 saturated carbocycles. The van der Waals surface area contributed by atoms with E-state index >= 15 is 0 Å². The van der Waals surface area contributed by atoms with Crippen LogP contribution in [0, 0.1) is 0 Å². The Morgan fingerprint density at radius 3 is 2.00 bits per heavy atom. The number of anilines is 1. The Bertz CT molecular complexity index is 1470. The SMILES string of the molecule is COc1ccc(C(=O)Nc2oc3ccccc3c(=O)c2-c2cc(OC)c(OC)c(OC)c2)cc1OC. The van der Waals surface area contributed by atoms with Crippen molar-refractivity contribution in [3.05, 3.63) is 70.4 Å². The first-order chi connectivity index (χ1) is 17.4. The number of fused-ring (bicyclic) bond motifs is 1. The third kappa shape index (κ3) is 4.38. The standard InChI is InChI=1S/C27H25NO8/c1-31-19-11-10-15(12-20(19)32-2)26(30)28-27-23(24(29)17-8-6-7-9-18(17)36-27)16-13-21(33-3)25(35-5)22(14-16)34-4/h6-14H,1-5H3,(H,28,30). The molecule has 1 N–H and O–H groups in total. The van der Waals surface area contributed by atoms with Crippen molar-refractivity contribution in [1.29, 1.82) is 0 Å². The summed E-state index contributed by atoms with van der Waals surface area (Å²) in [5.41, 5.74) is 0.794. The van der Waals surface area contributed by atoms with Crippen LogP contribution in [0.3, 0.4) is 0 Å². The van der Waals surface area contributed by atoms with Crippen molar-refractivity contribution in [2.45, 2.75) is 0 Å². The molecule has 9 heteroatoms. The van der Waals surface area contributed by atoms with E-state index < -0.39 is 5.91 Å². The fraction of sp³-hybridized carbons (Fsp3) is 0.185. The molecule has 1 aromatic heterocycles. The summed E-state index contributed by atoms with van der Waals surface area (Å²) in [4.78, 5) is 26.9. The van der Waals surface area contributed by atoms with Crippen LogP contribution in [0.1, 0.15) is 10.4 Å². The second-order valence-electron chi connectivity index (χ2n) is 7.57. The molecular formula is C27H25NO8. The van der Waals surface area contributed by atoms with E-state index in [0.717, 1.165) is 0 Å². The monoisotopic (exact) mass is 491 g/mol. The smallest absolute Gasteiger partial charge is 0.258 e. The maximum atomic E-state index is 13.6. The first kappa shape index (κ1) is 24.5. The lowest BCUT2D eigenvalue weighted by molar-refractivity contribution is 0.102. The summed E-state index contributed by atoms with van der Waals surface area (Å²) in [6, 6.07) is 14.8. The molecule has 0 radical (unpaired) electrons. The highest BCUT2D eigenvalue weighted by atomic mass is 16.5. The number of carbonyl (C=O) groups excluding carboxylic acids is 1. The van der Waals surface area contributed by atoms with E-state index in [-0.39, 0.29) is 22.4 Å². The van der Waals surface area contributed by atoms with Gasteiger partial charge in [-0.25, -0.2) is 0 Å². The molecule has 0 aliphatic heterocycles. The van der Waals surface area contributed by atoms with Crippen molar-refractivity contribution in [3.8, 4) is 39.9 Å². The van der Waals surface area contributed by atoms with Crippen LogP contribution in [-0.2, 0) is 0 Å². The quantitative estimate of drug-likeness (QED) is 0.376. The first-order valence-corrected chi connectivity index (χ1v) is 10.8. The lowest BCUT2D eigenvalue weighted by Gasteiger charge is -2.16. The first-order valence-electron chi connectivity index (χ1n) is 10.8. The van der Waals surface area contributed by atoms with Crippen LogP contribution in [0.5, 0.6) is 28.7 Å². The Hall–Kier alpha value is -4.66. The molecule has 0 bridgehead atoms. The molecular weight excluding hydrogens is 466 g/mol. The predicted octanol–water partition coefficient (Wildman–Crippen LogP) is 4.76. The summed E-state index contributed by atoms with van der Waals surface area (Å²) in [5, 5.41) is 3.09. The van der Waals surface area contributed by atoms with Gasteiger partial charge in [0.2, 0.25) is 17.1 Å². The van der Waals surface area contributed by atoms with Gasteiger partial charge >= 0.3 is 0 Å². The van der Waals surface area contributed by atoms with Gasteiger partial charge in [0.15, 0.2) is 23.0 Å². The molecule has 4 rings (SSSR count). The van der Waals surface area contributed by atoms with Gasteiger partial charge in [0, 0.05) is 5.56 Å². The van der Waals surface area contributed by atoms with E-state index in [9.17, 15) is 9.59 Å². The highest BCUT2D eigenvalue weighted by molar-refractivity contribution is 6.06. The van der Waals surface area contributed by atoms with Crippen molar-refractivity contribution < 1.29 is 32.9 Å². The van der Waals surface area contributed by atoms with Crippen molar-refractivity contribution >= 4 is 22.8 Å². The summed E-state index contributed by atoms with van der Waals surface area (Å²) in [7, 11) is 7.42. The van der Waals surface area contributed by atoms with Crippen molar-refractivity contribution in [3.63, 3.8) is 0 Å². The van der Waals surface area contributed by atoms with Crippen LogP contribution in [0.4, 0.5) is 5.88 Å². The Morgan fingerprint density at radius 2 is 1.39 bits per heavy atom. The topological polar surface area (TPSA) is 105 Å². The van der Waals surface area contributed by atoms with E-state index in [1.54, 1.807) is 48.5 Å². The van der Waals surface area contributed by atoms with Gasteiger partial charge in [0.1, 0.15) is 5.58 Å². The number of carbonyl (C=O) groups is 1. The number of hydrogen-bond acceptors (Lipinski definition) is 8. The van der Waals surface area contributed by atoms with E-state index in [1.165, 1.54) is 41.6 Å². The summed E-state index contributed by atoms with van der Waals surface area (Å²) < 4.78 is 32.9. The minimum atomic E-state index is -0.511. The molecule has 186 valence electrons. The summed E-state index contributed by atoms with van der Waals surface area (Å²) >= 11 is 0. The predicted molar refractivity (Wildman–Crippen MR) is 135 cm³/mol. The number of benzene rings is 3. The van der Waals surface area contributed by atoms with Gasteiger partial charge in [-0.3, -0.25) is 14.9 Å². The van der Waals surface area contributed by atoms with Gasteiger partial charge in [-0.05, 0) is 48.0 Å². The van der Waals surface area contributed by atoms with Crippen LogP contribution >= 0.6 is 0 Å². The molecule has 4 aromatic rings. The molecule has 0 unspecified atom stereocenters. The Balaban J connectivity index is 1.90. The van der Waals surface area contributed by atoms with Crippen molar-refractivity contribution in [2.75, 3.05) is 40.9 Å². The van der Waals surface area contributed by atoms with Crippen LogP contribution < -0.4 is 34.4 Å². The van der Waals surface area contributed by atoms with E-state index in [1.807, 2.05) is 0 Å². The molecule has 9 nitrogen and oxygen atoms in total. The van der Waals surface area contributed by atoms with E-state index in [2.05, 4.69) is 5.32 Å². The Morgan fingerprint density at radius 1 is 0.750 bits per heavy atom. The number of para-hydroxylation sites is 1. The molecule has 0 aliphatic rings. The molecule has 36 heavy (non-hydrogen) atoms. The number of methoxy groups -OCH3 is 5. The van der Waals surface area contributed by atoms with Crippen LogP contribution in [-0.4, -0.2) is 41.5 Å². The third-order valence-electron chi connectivity index (χ3n) is 5.62. The van der Waals surface area contributed by atoms with Gasteiger partial charge in [-0.1, -0.05) is 12.1 Å². The van der Waals surface area contributed by atoms with Gasteiger partial charge in [0.05, 0.1) is 46.5 Å². The van der Waals surface area contributed by atoms with E-state index in [0.29, 0.717) is 45.3 Å². The van der Waals surface area contributed by atoms with Gasteiger partial charge in [0.25, 0.3) is 5.91 Å². The lowest BCUT2D eigenvalue weighted by atomic mass is 10.0. The maximum Gasteiger partial charge on any atom is 0.258 e. The zero-order chi connectivity index (χ0) is 25.8. The Labute approximate surface area is 207 Å². The lowest BCUT2D eigenvalue weighted by Crippen LogP contribution is -2.16.